The van der Waals surface area contributed by atoms with Crippen molar-refractivity contribution < 1.29 is 34.5 Å². The Bertz CT molecular complexity index is 853. The molecule has 0 saturated heterocycles. The molecule has 196 valence electrons. The number of aromatic hydroxyl groups is 1. The zero-order chi connectivity index (χ0) is 26.5. The number of nitrogens with two attached hydrogens (primary N) is 2. The summed E-state index contributed by atoms with van der Waals surface area (Å²) < 4.78 is 0. The van der Waals surface area contributed by atoms with E-state index in [1.807, 2.05) is 0 Å². The minimum absolute atomic E-state index is 0.0128. The van der Waals surface area contributed by atoms with Crippen molar-refractivity contribution in [1.82, 2.24) is 16.0 Å². The second-order valence-corrected chi connectivity index (χ2v) is 8.50. The van der Waals surface area contributed by atoms with Gasteiger partial charge in [0.05, 0.1) is 12.1 Å². The Balaban J connectivity index is 2.80. The summed E-state index contributed by atoms with van der Waals surface area (Å²) in [5.74, 6) is -3.78. The number of hydrogen-bond acceptors (Lipinski definition) is 9. The van der Waals surface area contributed by atoms with Gasteiger partial charge in [0.2, 0.25) is 17.7 Å². The van der Waals surface area contributed by atoms with Gasteiger partial charge in [-0.1, -0.05) is 18.6 Å². The number of nitrogens with one attached hydrogen (secondary N) is 3. The molecule has 12 nitrogen and oxygen atoms in total. The Morgan fingerprint density at radius 1 is 0.971 bits per heavy atom. The fraction of sp³-hybridized carbons (Fsp3) is 0.545. The van der Waals surface area contributed by atoms with Gasteiger partial charge < -0.3 is 42.7 Å². The van der Waals surface area contributed by atoms with Crippen LogP contribution in [0.25, 0.3) is 0 Å². The molecule has 1 rings (SSSR count). The van der Waals surface area contributed by atoms with Crippen molar-refractivity contribution >= 4 is 36.3 Å². The van der Waals surface area contributed by atoms with Gasteiger partial charge in [0.15, 0.2) is 0 Å². The standard InChI is InChI=1S/C22H35N5O7S/c1-12(28)18(27-19(30)15(24)4-2-3-9-23)21(32)26-17(11-35)20(31)25-16(22(33)34)10-13-5-7-14(29)8-6-13/h5-8,12,15-18,28-29,35H,2-4,9-11,23-24H2,1H3,(H,25,31)(H,26,32)(H,27,30)(H,33,34)/t12-,15+,16-,17+,18+/m1/s1. The fourth-order valence-corrected chi connectivity index (χ4v) is 3.36. The number of carbonyl (C=O) groups excluding carboxylic acids is 3. The molecule has 35 heavy (non-hydrogen) atoms. The number of hydrogen-bond donors (Lipinski definition) is 9. The van der Waals surface area contributed by atoms with Gasteiger partial charge in [-0.15, -0.1) is 0 Å². The molecule has 1 aromatic rings. The second-order valence-electron chi connectivity index (χ2n) is 8.13. The van der Waals surface area contributed by atoms with E-state index in [9.17, 15) is 34.5 Å². The predicted octanol–water partition coefficient (Wildman–Crippen LogP) is -1.76. The van der Waals surface area contributed by atoms with Crippen LogP contribution in [0.3, 0.4) is 0 Å². The molecular formula is C22H35N5O7S. The number of phenols is 1. The summed E-state index contributed by atoms with van der Waals surface area (Å²) in [6.45, 7) is 1.75. The van der Waals surface area contributed by atoms with Crippen molar-refractivity contribution in [2.75, 3.05) is 12.3 Å². The van der Waals surface area contributed by atoms with Crippen LogP contribution in [0.1, 0.15) is 31.7 Å². The summed E-state index contributed by atoms with van der Waals surface area (Å²) in [5.41, 5.74) is 11.8. The number of carbonyl (C=O) groups is 4. The van der Waals surface area contributed by atoms with Crippen molar-refractivity contribution in [3.63, 3.8) is 0 Å². The molecule has 13 heteroatoms. The predicted molar refractivity (Wildman–Crippen MR) is 132 cm³/mol. The van der Waals surface area contributed by atoms with Gasteiger partial charge in [-0.2, -0.15) is 12.6 Å². The summed E-state index contributed by atoms with van der Waals surface area (Å²) in [6, 6.07) is 0.955. The van der Waals surface area contributed by atoms with Gasteiger partial charge in [-0.05, 0) is 44.0 Å². The summed E-state index contributed by atoms with van der Waals surface area (Å²) in [6.07, 6.45) is 0.275. The van der Waals surface area contributed by atoms with Crippen LogP contribution >= 0.6 is 12.6 Å². The number of carboxylic acids is 1. The number of benzene rings is 1. The smallest absolute Gasteiger partial charge is 0.326 e. The van der Waals surface area contributed by atoms with E-state index in [1.165, 1.54) is 31.2 Å². The van der Waals surface area contributed by atoms with Gasteiger partial charge >= 0.3 is 5.97 Å². The highest BCUT2D eigenvalue weighted by molar-refractivity contribution is 7.80. The van der Waals surface area contributed by atoms with Crippen molar-refractivity contribution in [3.05, 3.63) is 29.8 Å². The molecule has 0 radical (unpaired) electrons. The van der Waals surface area contributed by atoms with Crippen LogP contribution in [-0.4, -0.2) is 81.6 Å². The maximum Gasteiger partial charge on any atom is 0.326 e. The topological polar surface area (TPSA) is 217 Å². The molecule has 0 aliphatic heterocycles. The van der Waals surface area contributed by atoms with E-state index in [0.29, 0.717) is 31.4 Å². The third-order valence-corrected chi connectivity index (χ3v) is 5.54. The molecule has 10 N–H and O–H groups in total. The lowest BCUT2D eigenvalue weighted by molar-refractivity contribution is -0.142. The van der Waals surface area contributed by atoms with Crippen LogP contribution in [-0.2, 0) is 25.6 Å². The van der Waals surface area contributed by atoms with Gasteiger partial charge in [-0.3, -0.25) is 14.4 Å². The lowest BCUT2D eigenvalue weighted by Crippen LogP contribution is -2.60. The Kier molecular flexibility index (Phi) is 13.1. The molecule has 0 aliphatic carbocycles. The van der Waals surface area contributed by atoms with Crippen molar-refractivity contribution in [3.8, 4) is 5.75 Å². The lowest BCUT2D eigenvalue weighted by Gasteiger charge is -2.26. The Morgan fingerprint density at radius 2 is 1.57 bits per heavy atom. The average Bonchev–Trinajstić information content (AvgIpc) is 2.81. The van der Waals surface area contributed by atoms with Crippen LogP contribution < -0.4 is 27.4 Å². The zero-order valence-corrected chi connectivity index (χ0v) is 20.4. The SMILES string of the molecule is C[C@@H](O)[C@H](NC(=O)[C@@H](N)CCCCN)C(=O)N[C@@H](CS)C(=O)N[C@H](Cc1ccc(O)cc1)C(=O)O. The monoisotopic (exact) mass is 513 g/mol. The lowest BCUT2D eigenvalue weighted by atomic mass is 10.1. The van der Waals surface area contributed by atoms with Gasteiger partial charge in [0, 0.05) is 12.2 Å². The minimum atomic E-state index is -1.40. The molecule has 0 aliphatic rings. The number of thiol groups is 1. The largest absolute Gasteiger partial charge is 0.508 e. The van der Waals surface area contributed by atoms with E-state index in [2.05, 4.69) is 28.6 Å². The number of aliphatic hydroxyl groups excluding tert-OH is 1. The van der Waals surface area contributed by atoms with Gasteiger partial charge in [0.25, 0.3) is 0 Å². The highest BCUT2D eigenvalue weighted by Gasteiger charge is 2.32. The highest BCUT2D eigenvalue weighted by Crippen LogP contribution is 2.12. The number of unbranched alkanes of at least 4 members (excludes halogenated alkanes) is 1. The number of aliphatic carboxylic acids is 1. The molecule has 0 heterocycles. The van der Waals surface area contributed by atoms with Crippen LogP contribution in [0.15, 0.2) is 24.3 Å². The van der Waals surface area contributed by atoms with E-state index in [4.69, 9.17) is 11.5 Å². The molecule has 0 fully saturated rings. The van der Waals surface area contributed by atoms with E-state index in [0.717, 1.165) is 0 Å². The number of carboxylic acid groups (broad SMARTS) is 1. The second kappa shape index (κ2) is 15.2. The van der Waals surface area contributed by atoms with E-state index >= 15 is 0 Å². The molecule has 3 amide bonds. The fourth-order valence-electron chi connectivity index (χ4n) is 3.10. The first-order valence-electron chi connectivity index (χ1n) is 11.2. The van der Waals surface area contributed by atoms with Gasteiger partial charge in [0.1, 0.15) is 23.9 Å². The number of amides is 3. The minimum Gasteiger partial charge on any atom is -0.508 e. The number of phenolic OH excluding ortho intramolecular Hbond substituents is 1. The first kappa shape index (κ1) is 30.2. The van der Waals surface area contributed by atoms with Gasteiger partial charge in [-0.25, -0.2) is 4.79 Å². The van der Waals surface area contributed by atoms with Crippen LogP contribution in [0.5, 0.6) is 5.75 Å². The van der Waals surface area contributed by atoms with E-state index in [-0.39, 0.29) is 17.9 Å². The molecule has 0 spiro atoms. The zero-order valence-electron chi connectivity index (χ0n) is 19.5. The molecule has 0 saturated carbocycles. The summed E-state index contributed by atoms with van der Waals surface area (Å²) in [4.78, 5) is 49.4. The molecule has 0 bridgehead atoms. The van der Waals surface area contributed by atoms with Crippen LogP contribution in [0, 0.1) is 0 Å². The van der Waals surface area contributed by atoms with Crippen molar-refractivity contribution in [2.24, 2.45) is 11.5 Å². The molecule has 0 unspecified atom stereocenters. The maximum atomic E-state index is 12.7. The van der Waals surface area contributed by atoms with Crippen LogP contribution in [0.2, 0.25) is 0 Å². The Labute approximate surface area is 209 Å². The third kappa shape index (κ3) is 10.5. The number of rotatable bonds is 15. The molecule has 5 atom stereocenters. The first-order valence-corrected chi connectivity index (χ1v) is 11.8. The first-order chi connectivity index (χ1) is 16.5. The molecule has 0 aromatic heterocycles. The summed E-state index contributed by atoms with van der Waals surface area (Å²) in [5, 5.41) is 36.0. The van der Waals surface area contributed by atoms with Crippen LogP contribution in [0.4, 0.5) is 0 Å². The van der Waals surface area contributed by atoms with E-state index in [1.54, 1.807) is 0 Å². The average molecular weight is 514 g/mol. The summed E-state index contributed by atoms with van der Waals surface area (Å²) >= 11 is 4.05. The Hall–Kier alpha value is -2.87. The van der Waals surface area contributed by atoms with Crippen molar-refractivity contribution in [2.45, 2.75) is 62.9 Å². The molecule has 1 aromatic carbocycles. The maximum absolute atomic E-state index is 12.7. The molecular weight excluding hydrogens is 478 g/mol. The quantitative estimate of drug-likeness (QED) is 0.0957. The Morgan fingerprint density at radius 3 is 2.09 bits per heavy atom. The summed E-state index contributed by atoms with van der Waals surface area (Å²) in [7, 11) is 0. The highest BCUT2D eigenvalue weighted by atomic mass is 32.1. The van der Waals surface area contributed by atoms with E-state index < -0.39 is 54.0 Å². The normalized spacial score (nSPS) is 15.2. The number of aliphatic hydroxyl groups is 1. The van der Waals surface area contributed by atoms with Crippen molar-refractivity contribution in [1.29, 1.82) is 0 Å². The third-order valence-electron chi connectivity index (χ3n) is 5.17.